The van der Waals surface area contributed by atoms with Crippen LogP contribution < -0.4 is 0 Å². The van der Waals surface area contributed by atoms with Crippen molar-refractivity contribution in [3.8, 4) is 0 Å². The van der Waals surface area contributed by atoms with Crippen molar-refractivity contribution in [1.82, 2.24) is 0 Å². The van der Waals surface area contributed by atoms with Crippen LogP contribution in [0.15, 0.2) is 24.3 Å². The minimum atomic E-state index is -0.618. The minimum absolute atomic E-state index is 0.352. The first kappa shape index (κ1) is 10.2. The van der Waals surface area contributed by atoms with Crippen LogP contribution in [0.25, 0.3) is 0 Å². The number of hydrogen-bond acceptors (Lipinski definition) is 3. The van der Waals surface area contributed by atoms with Crippen LogP contribution in [0.4, 0.5) is 0 Å². The number of aliphatic hydroxyl groups excluding tert-OH is 1. The first-order valence-electron chi connectivity index (χ1n) is 5.07. The zero-order valence-corrected chi connectivity index (χ0v) is 8.64. The third kappa shape index (κ3) is 1.75. The molecule has 0 aliphatic heterocycles. The van der Waals surface area contributed by atoms with E-state index in [9.17, 15) is 9.90 Å². The van der Waals surface area contributed by atoms with Gasteiger partial charge in [-0.15, -0.1) is 0 Å². The van der Waals surface area contributed by atoms with Crippen molar-refractivity contribution in [3.63, 3.8) is 0 Å². The third-order valence-corrected chi connectivity index (χ3v) is 2.94. The Bertz CT molecular complexity index is 373. The summed E-state index contributed by atoms with van der Waals surface area (Å²) in [6.45, 7) is 0. The van der Waals surface area contributed by atoms with Gasteiger partial charge in [-0.1, -0.05) is 24.3 Å². The van der Waals surface area contributed by atoms with Gasteiger partial charge in [0.05, 0.1) is 13.2 Å². The summed E-state index contributed by atoms with van der Waals surface area (Å²) >= 11 is 0. The first-order chi connectivity index (χ1) is 7.24. The highest BCUT2D eigenvalue weighted by Crippen LogP contribution is 2.32. The quantitative estimate of drug-likeness (QED) is 0.703. The second kappa shape index (κ2) is 4.03. The maximum Gasteiger partial charge on any atom is 0.315 e. The number of benzene rings is 1. The van der Waals surface area contributed by atoms with Gasteiger partial charge in [0.2, 0.25) is 0 Å². The Morgan fingerprint density at radius 1 is 1.47 bits per heavy atom. The van der Waals surface area contributed by atoms with Crippen LogP contribution in [0.1, 0.15) is 23.5 Å². The molecule has 0 unspecified atom stereocenters. The Labute approximate surface area is 88.7 Å². The second-order valence-electron chi connectivity index (χ2n) is 3.81. The van der Waals surface area contributed by atoms with Crippen molar-refractivity contribution in [1.29, 1.82) is 0 Å². The second-order valence-corrected chi connectivity index (χ2v) is 3.81. The fourth-order valence-electron chi connectivity index (χ4n) is 2.15. The molecular formula is C12H14O3. The Morgan fingerprint density at radius 3 is 2.93 bits per heavy atom. The molecule has 1 aromatic rings. The van der Waals surface area contributed by atoms with E-state index < -0.39 is 12.0 Å². The molecule has 0 bridgehead atoms. The van der Waals surface area contributed by atoms with Gasteiger partial charge >= 0.3 is 5.97 Å². The van der Waals surface area contributed by atoms with Crippen molar-refractivity contribution < 1.29 is 14.6 Å². The maximum atomic E-state index is 11.6. The molecular weight excluding hydrogens is 192 g/mol. The maximum absolute atomic E-state index is 11.6. The molecule has 0 saturated heterocycles. The summed E-state index contributed by atoms with van der Waals surface area (Å²) in [6, 6.07) is 7.72. The standard InChI is InChI=1S/C12H14O3/c1-15-12(14)11-9-5-3-2-4-8(9)6-7-10(11)13/h2-5,10-11,13H,6-7H2,1H3/t10-,11-/m1/s1. The molecule has 0 radical (unpaired) electrons. The van der Waals surface area contributed by atoms with Gasteiger partial charge in [0.1, 0.15) is 5.92 Å². The van der Waals surface area contributed by atoms with E-state index in [1.165, 1.54) is 7.11 Å². The van der Waals surface area contributed by atoms with Gasteiger partial charge in [-0.3, -0.25) is 4.79 Å². The number of ether oxygens (including phenoxy) is 1. The van der Waals surface area contributed by atoms with Gasteiger partial charge in [0, 0.05) is 0 Å². The van der Waals surface area contributed by atoms with Crippen molar-refractivity contribution in [3.05, 3.63) is 35.4 Å². The molecule has 80 valence electrons. The van der Waals surface area contributed by atoms with Crippen LogP contribution >= 0.6 is 0 Å². The Hall–Kier alpha value is -1.35. The van der Waals surface area contributed by atoms with Gasteiger partial charge in [-0.25, -0.2) is 0 Å². The van der Waals surface area contributed by atoms with Crippen LogP contribution in [0.5, 0.6) is 0 Å². The monoisotopic (exact) mass is 206 g/mol. The summed E-state index contributed by atoms with van der Waals surface area (Å²) in [5.41, 5.74) is 2.04. The van der Waals surface area contributed by atoms with Crippen LogP contribution in [0.2, 0.25) is 0 Å². The topological polar surface area (TPSA) is 46.5 Å². The van der Waals surface area contributed by atoms with Gasteiger partial charge in [-0.2, -0.15) is 0 Å². The number of esters is 1. The predicted molar refractivity (Wildman–Crippen MR) is 55.5 cm³/mol. The first-order valence-corrected chi connectivity index (χ1v) is 5.07. The number of methoxy groups -OCH3 is 1. The van der Waals surface area contributed by atoms with E-state index in [1.54, 1.807) is 0 Å². The largest absolute Gasteiger partial charge is 0.468 e. The number of fused-ring (bicyclic) bond motifs is 1. The number of hydrogen-bond donors (Lipinski definition) is 1. The Morgan fingerprint density at radius 2 is 2.20 bits per heavy atom. The van der Waals surface area contributed by atoms with Crippen LogP contribution in [0.3, 0.4) is 0 Å². The van der Waals surface area contributed by atoms with Gasteiger partial charge < -0.3 is 9.84 Å². The average molecular weight is 206 g/mol. The van der Waals surface area contributed by atoms with Crippen molar-refractivity contribution >= 4 is 5.97 Å². The van der Waals surface area contributed by atoms with Crippen molar-refractivity contribution in [2.45, 2.75) is 24.9 Å². The molecule has 0 aromatic heterocycles. The van der Waals surface area contributed by atoms with Crippen molar-refractivity contribution in [2.75, 3.05) is 7.11 Å². The molecule has 3 nitrogen and oxygen atoms in total. The lowest BCUT2D eigenvalue weighted by molar-refractivity contribution is -0.145. The molecule has 3 heteroatoms. The van der Waals surface area contributed by atoms with E-state index in [0.717, 1.165) is 17.5 Å². The normalized spacial score (nSPS) is 24.4. The lowest BCUT2D eigenvalue weighted by Gasteiger charge is -2.28. The number of aryl methyl sites for hydroxylation is 1. The smallest absolute Gasteiger partial charge is 0.315 e. The van der Waals surface area contributed by atoms with E-state index in [4.69, 9.17) is 4.74 Å². The number of aliphatic hydroxyl groups is 1. The predicted octanol–water partition coefficient (Wildman–Crippen LogP) is 1.25. The highest BCUT2D eigenvalue weighted by atomic mass is 16.5. The fraction of sp³-hybridized carbons (Fsp3) is 0.417. The Balaban J connectivity index is 2.41. The number of carbonyl (C=O) groups excluding carboxylic acids is 1. The zero-order valence-electron chi connectivity index (χ0n) is 8.64. The number of rotatable bonds is 1. The molecule has 0 fully saturated rings. The highest BCUT2D eigenvalue weighted by molar-refractivity contribution is 5.79. The molecule has 1 aromatic carbocycles. The summed E-state index contributed by atoms with van der Waals surface area (Å²) in [5.74, 6) is -0.866. The summed E-state index contributed by atoms with van der Waals surface area (Å²) < 4.78 is 4.72. The van der Waals surface area contributed by atoms with Crippen LogP contribution in [-0.4, -0.2) is 24.3 Å². The average Bonchev–Trinajstić information content (AvgIpc) is 2.28. The zero-order chi connectivity index (χ0) is 10.8. The van der Waals surface area contributed by atoms with E-state index in [2.05, 4.69) is 0 Å². The van der Waals surface area contributed by atoms with Crippen molar-refractivity contribution in [2.24, 2.45) is 0 Å². The fourth-order valence-corrected chi connectivity index (χ4v) is 2.15. The molecule has 15 heavy (non-hydrogen) atoms. The van der Waals surface area contributed by atoms with Gasteiger partial charge in [0.15, 0.2) is 0 Å². The van der Waals surface area contributed by atoms with E-state index in [0.29, 0.717) is 6.42 Å². The molecule has 2 atom stereocenters. The Kier molecular flexibility index (Phi) is 2.73. The highest BCUT2D eigenvalue weighted by Gasteiger charge is 2.34. The summed E-state index contributed by atoms with van der Waals surface area (Å²) in [4.78, 5) is 11.6. The molecule has 1 aliphatic carbocycles. The lowest BCUT2D eigenvalue weighted by Crippen LogP contribution is -2.31. The van der Waals surface area contributed by atoms with Crippen LogP contribution in [-0.2, 0) is 16.0 Å². The molecule has 1 N–H and O–H groups in total. The molecule has 0 heterocycles. The molecule has 2 rings (SSSR count). The summed E-state index contributed by atoms with van der Waals surface area (Å²) in [6.07, 6.45) is 0.828. The van der Waals surface area contributed by atoms with E-state index in [1.807, 2.05) is 24.3 Å². The SMILES string of the molecule is COC(=O)[C@@H]1c2ccccc2CC[C@H]1O. The van der Waals surface area contributed by atoms with Crippen LogP contribution in [0, 0.1) is 0 Å². The molecule has 1 aliphatic rings. The van der Waals surface area contributed by atoms with Gasteiger partial charge in [0.25, 0.3) is 0 Å². The molecule has 0 saturated carbocycles. The lowest BCUT2D eigenvalue weighted by atomic mass is 9.81. The summed E-state index contributed by atoms with van der Waals surface area (Å²) in [5, 5.41) is 9.82. The molecule has 0 spiro atoms. The van der Waals surface area contributed by atoms with E-state index in [-0.39, 0.29) is 5.97 Å². The van der Waals surface area contributed by atoms with E-state index >= 15 is 0 Å². The summed E-state index contributed by atoms with van der Waals surface area (Å²) in [7, 11) is 1.35. The third-order valence-electron chi connectivity index (χ3n) is 2.94. The van der Waals surface area contributed by atoms with Gasteiger partial charge in [-0.05, 0) is 24.0 Å². The molecule has 0 amide bonds. The minimum Gasteiger partial charge on any atom is -0.468 e. The number of carbonyl (C=O) groups is 1.